The minimum absolute atomic E-state index is 0.0457. The lowest BCUT2D eigenvalue weighted by Gasteiger charge is -2.38. The van der Waals surface area contributed by atoms with Crippen molar-refractivity contribution in [3.8, 4) is 0 Å². The number of amides is 1. The number of rotatable bonds is 4. The lowest BCUT2D eigenvalue weighted by atomic mass is 9.87. The summed E-state index contributed by atoms with van der Waals surface area (Å²) < 4.78 is 7.52. The highest BCUT2D eigenvalue weighted by molar-refractivity contribution is 5.79. The summed E-state index contributed by atoms with van der Waals surface area (Å²) in [6, 6.07) is 6.14. The van der Waals surface area contributed by atoms with Crippen molar-refractivity contribution in [1.29, 1.82) is 0 Å². The van der Waals surface area contributed by atoms with Crippen molar-refractivity contribution in [2.45, 2.75) is 71.5 Å². The normalized spacial score (nSPS) is 22.7. The second-order valence-electron chi connectivity index (χ2n) is 9.21. The zero-order valence-electron chi connectivity index (χ0n) is 18.7. The number of pyridine rings is 1. The number of carbonyl (C=O) groups is 1. The Balaban J connectivity index is 1.33. The van der Waals surface area contributed by atoms with Crippen LogP contribution < -0.4 is 0 Å². The number of aryl methyl sites for hydroxylation is 3. The molecule has 1 unspecified atom stereocenters. The van der Waals surface area contributed by atoms with Gasteiger partial charge in [0.2, 0.25) is 5.91 Å². The molecule has 7 heteroatoms. The molecule has 31 heavy (non-hydrogen) atoms. The van der Waals surface area contributed by atoms with Crippen molar-refractivity contribution >= 4 is 11.6 Å². The van der Waals surface area contributed by atoms with E-state index in [2.05, 4.69) is 38.5 Å². The second kappa shape index (κ2) is 7.79. The lowest BCUT2D eigenvalue weighted by Crippen LogP contribution is -2.46. The first-order valence-electron chi connectivity index (χ1n) is 11.3. The van der Waals surface area contributed by atoms with E-state index < -0.39 is 0 Å². The van der Waals surface area contributed by atoms with Gasteiger partial charge in [0.15, 0.2) is 0 Å². The summed E-state index contributed by atoms with van der Waals surface area (Å²) in [7, 11) is 0. The highest BCUT2D eigenvalue weighted by Gasteiger charge is 2.46. The molecule has 2 fully saturated rings. The molecular formula is C24H31N5O2. The number of hydrogen-bond donors (Lipinski definition) is 0. The van der Waals surface area contributed by atoms with Gasteiger partial charge in [-0.25, -0.2) is 4.98 Å². The van der Waals surface area contributed by atoms with E-state index in [1.807, 2.05) is 26.0 Å². The van der Waals surface area contributed by atoms with Gasteiger partial charge in [-0.05, 0) is 65.1 Å². The fraction of sp³-hybridized carbons (Fsp3) is 0.542. The Hall–Kier alpha value is -2.67. The summed E-state index contributed by atoms with van der Waals surface area (Å²) in [4.78, 5) is 22.4. The van der Waals surface area contributed by atoms with Crippen molar-refractivity contribution in [1.82, 2.24) is 24.3 Å². The quantitative estimate of drug-likeness (QED) is 0.641. The average molecular weight is 422 g/mol. The maximum Gasteiger partial charge on any atom is 0.223 e. The van der Waals surface area contributed by atoms with Crippen LogP contribution in [0.1, 0.15) is 60.5 Å². The van der Waals surface area contributed by atoms with Crippen molar-refractivity contribution in [3.05, 3.63) is 52.8 Å². The highest BCUT2D eigenvalue weighted by Crippen LogP contribution is 2.40. The van der Waals surface area contributed by atoms with E-state index in [0.717, 1.165) is 73.7 Å². The number of fused-ring (bicyclic) bond motifs is 1. The Morgan fingerprint density at radius 3 is 2.74 bits per heavy atom. The Morgan fingerprint density at radius 2 is 1.97 bits per heavy atom. The SMILES string of the molecule is Cc1noc(C)c1CN1C(=O)CCC12CCCN(Cc1nc3ccccn3c1C)CC2. The summed E-state index contributed by atoms with van der Waals surface area (Å²) in [5.41, 5.74) is 5.29. The number of likely N-dealkylation sites (tertiary alicyclic amines) is 2. The number of imidazole rings is 1. The van der Waals surface area contributed by atoms with Crippen LogP contribution in [0.4, 0.5) is 0 Å². The summed E-state index contributed by atoms with van der Waals surface area (Å²) in [5, 5.41) is 4.09. The summed E-state index contributed by atoms with van der Waals surface area (Å²) in [5.74, 6) is 1.09. The van der Waals surface area contributed by atoms with Crippen LogP contribution in [0.15, 0.2) is 28.9 Å². The molecule has 0 radical (unpaired) electrons. The smallest absolute Gasteiger partial charge is 0.223 e. The molecule has 3 aromatic heterocycles. The van der Waals surface area contributed by atoms with Gasteiger partial charge in [-0.15, -0.1) is 0 Å². The summed E-state index contributed by atoms with van der Waals surface area (Å²) in [6.45, 7) is 9.56. The van der Waals surface area contributed by atoms with Gasteiger partial charge < -0.3 is 13.8 Å². The van der Waals surface area contributed by atoms with E-state index in [1.165, 1.54) is 5.69 Å². The third-order valence-electron chi connectivity index (χ3n) is 7.43. The van der Waals surface area contributed by atoms with E-state index in [0.29, 0.717) is 13.0 Å². The zero-order valence-corrected chi connectivity index (χ0v) is 18.7. The predicted octanol–water partition coefficient (Wildman–Crippen LogP) is 3.79. The molecule has 5 rings (SSSR count). The largest absolute Gasteiger partial charge is 0.361 e. The van der Waals surface area contributed by atoms with Gasteiger partial charge in [0.25, 0.3) is 0 Å². The standard InChI is InChI=1S/C24H31N5O2/c1-17-20(19(3)31-26-17)15-29-23(30)8-10-24(29)9-6-12-27(14-11-24)16-21-18(2)28-13-5-4-7-22(28)25-21/h4-5,7,13H,6,8-12,14-16H2,1-3H3. The monoisotopic (exact) mass is 421 g/mol. The van der Waals surface area contributed by atoms with E-state index in [1.54, 1.807) is 0 Å². The Bertz CT molecular complexity index is 1100. The molecule has 3 aromatic rings. The maximum absolute atomic E-state index is 12.9. The minimum atomic E-state index is -0.0457. The van der Waals surface area contributed by atoms with Crippen LogP contribution >= 0.6 is 0 Å². The van der Waals surface area contributed by atoms with Crippen LogP contribution in [0.5, 0.6) is 0 Å². The lowest BCUT2D eigenvalue weighted by molar-refractivity contribution is -0.132. The Morgan fingerprint density at radius 1 is 1.10 bits per heavy atom. The number of nitrogens with zero attached hydrogens (tertiary/aromatic N) is 5. The van der Waals surface area contributed by atoms with E-state index in [9.17, 15) is 4.79 Å². The topological polar surface area (TPSA) is 66.9 Å². The third-order valence-corrected chi connectivity index (χ3v) is 7.43. The summed E-state index contributed by atoms with van der Waals surface area (Å²) >= 11 is 0. The van der Waals surface area contributed by atoms with Gasteiger partial charge in [-0.3, -0.25) is 9.69 Å². The molecule has 0 bridgehead atoms. The first-order valence-corrected chi connectivity index (χ1v) is 11.3. The molecule has 2 saturated heterocycles. The van der Waals surface area contributed by atoms with Crippen LogP contribution in [0.3, 0.4) is 0 Å². The van der Waals surface area contributed by atoms with Crippen molar-refractivity contribution in [3.63, 3.8) is 0 Å². The molecule has 164 valence electrons. The highest BCUT2D eigenvalue weighted by atomic mass is 16.5. The van der Waals surface area contributed by atoms with Crippen LogP contribution in [-0.4, -0.2) is 48.9 Å². The van der Waals surface area contributed by atoms with E-state index >= 15 is 0 Å². The minimum Gasteiger partial charge on any atom is -0.361 e. The van der Waals surface area contributed by atoms with Crippen LogP contribution in [0.25, 0.3) is 5.65 Å². The first-order chi connectivity index (χ1) is 15.0. The number of aromatic nitrogens is 3. The fourth-order valence-corrected chi connectivity index (χ4v) is 5.46. The molecule has 7 nitrogen and oxygen atoms in total. The fourth-order valence-electron chi connectivity index (χ4n) is 5.46. The maximum atomic E-state index is 12.9. The van der Waals surface area contributed by atoms with E-state index in [4.69, 9.17) is 9.51 Å². The molecule has 1 amide bonds. The molecule has 5 heterocycles. The van der Waals surface area contributed by atoms with Gasteiger partial charge in [-0.2, -0.15) is 0 Å². The molecule has 1 atom stereocenters. The van der Waals surface area contributed by atoms with Gasteiger partial charge in [0.05, 0.1) is 17.9 Å². The van der Waals surface area contributed by atoms with Gasteiger partial charge in [0.1, 0.15) is 11.4 Å². The second-order valence-corrected chi connectivity index (χ2v) is 9.21. The molecule has 0 saturated carbocycles. The van der Waals surface area contributed by atoms with Gasteiger partial charge in [-0.1, -0.05) is 11.2 Å². The van der Waals surface area contributed by atoms with Gasteiger partial charge >= 0.3 is 0 Å². The molecular weight excluding hydrogens is 390 g/mol. The summed E-state index contributed by atoms with van der Waals surface area (Å²) in [6.07, 6.45) is 6.84. The third kappa shape index (κ3) is 3.55. The van der Waals surface area contributed by atoms with Crippen LogP contribution in [0, 0.1) is 20.8 Å². The molecule has 0 aromatic carbocycles. The van der Waals surface area contributed by atoms with Crippen molar-refractivity contribution < 1.29 is 9.32 Å². The number of hydrogen-bond acceptors (Lipinski definition) is 5. The molecule has 1 spiro atoms. The number of carbonyl (C=O) groups excluding carboxylic acids is 1. The van der Waals surface area contributed by atoms with Crippen molar-refractivity contribution in [2.24, 2.45) is 0 Å². The Labute approximate surface area is 183 Å². The molecule has 2 aliphatic heterocycles. The predicted molar refractivity (Wildman–Crippen MR) is 118 cm³/mol. The van der Waals surface area contributed by atoms with E-state index in [-0.39, 0.29) is 11.4 Å². The van der Waals surface area contributed by atoms with Crippen LogP contribution in [-0.2, 0) is 17.9 Å². The average Bonchev–Trinajstić information content (AvgIpc) is 3.30. The van der Waals surface area contributed by atoms with Crippen LogP contribution in [0.2, 0.25) is 0 Å². The zero-order chi connectivity index (χ0) is 21.6. The van der Waals surface area contributed by atoms with Gasteiger partial charge in [0, 0.05) is 42.5 Å². The molecule has 2 aliphatic rings. The Kier molecular flexibility index (Phi) is 5.08. The molecule has 0 aliphatic carbocycles. The molecule has 0 N–H and O–H groups in total. The first kappa shape index (κ1) is 20.2. The van der Waals surface area contributed by atoms with Crippen molar-refractivity contribution in [2.75, 3.05) is 13.1 Å².